The molecule has 1 rings (SSSR count). The van der Waals surface area contributed by atoms with Crippen LogP contribution in [0.15, 0.2) is 4.42 Å². The highest BCUT2D eigenvalue weighted by Crippen LogP contribution is 2.09. The van der Waals surface area contributed by atoms with Gasteiger partial charge in [-0.2, -0.15) is 0 Å². The molecule has 0 saturated heterocycles. The van der Waals surface area contributed by atoms with E-state index < -0.39 is 6.04 Å². The number of anilines is 1. The molecule has 0 aliphatic carbocycles. The zero-order valence-corrected chi connectivity index (χ0v) is 14.0. The highest BCUT2D eigenvalue weighted by atomic mass is 16.4. The average Bonchev–Trinajstić information content (AvgIpc) is 2.71. The number of nitrogens with one attached hydrogen (secondary N) is 3. The first-order valence-electron chi connectivity index (χ1n) is 7.12. The molecule has 0 fully saturated rings. The predicted octanol–water partition coefficient (Wildman–Crippen LogP) is 1.67. The van der Waals surface area contributed by atoms with Crippen molar-refractivity contribution in [3.63, 3.8) is 0 Å². The average molecular weight is 297 g/mol. The van der Waals surface area contributed by atoms with Crippen LogP contribution in [-0.2, 0) is 11.3 Å². The van der Waals surface area contributed by atoms with Crippen LogP contribution in [0.3, 0.4) is 0 Å². The number of nitrogens with zero attached hydrogens (tertiary/aromatic N) is 2. The van der Waals surface area contributed by atoms with Crippen molar-refractivity contribution < 1.29 is 9.21 Å². The molecule has 1 heterocycles. The number of carbonyl (C=O) groups is 1. The summed E-state index contributed by atoms with van der Waals surface area (Å²) in [7, 11) is 0. The number of hydrogen-bond donors (Lipinski definition) is 3. The van der Waals surface area contributed by atoms with E-state index >= 15 is 0 Å². The lowest BCUT2D eigenvalue weighted by Crippen LogP contribution is -2.47. The molecule has 120 valence electrons. The third-order valence-corrected chi connectivity index (χ3v) is 2.47. The summed E-state index contributed by atoms with van der Waals surface area (Å²) in [5.74, 6) is 0.367. The maximum atomic E-state index is 12.0. The summed E-state index contributed by atoms with van der Waals surface area (Å²) < 4.78 is 5.45. The van der Waals surface area contributed by atoms with Gasteiger partial charge >= 0.3 is 6.01 Å². The molecule has 1 amide bonds. The molecule has 0 bridgehead atoms. The molecule has 0 aliphatic rings. The van der Waals surface area contributed by atoms with Crippen molar-refractivity contribution in [2.24, 2.45) is 0 Å². The van der Waals surface area contributed by atoms with Gasteiger partial charge in [0.05, 0.1) is 6.54 Å². The second kappa shape index (κ2) is 6.43. The number of hydrogen-bond acceptors (Lipinski definition) is 6. The molecule has 3 N–H and O–H groups in total. The van der Waals surface area contributed by atoms with E-state index in [-0.39, 0.29) is 23.0 Å². The SMILES string of the molecule is CC(Nc1nnc(CNC(C)(C)C)o1)C(=O)NC(C)(C)C. The topological polar surface area (TPSA) is 92.1 Å². The second-order valence-electron chi connectivity index (χ2n) is 7.21. The molecule has 1 atom stereocenters. The van der Waals surface area contributed by atoms with E-state index in [0.717, 1.165) is 0 Å². The van der Waals surface area contributed by atoms with Crippen LogP contribution < -0.4 is 16.0 Å². The summed E-state index contributed by atoms with van der Waals surface area (Å²) in [4.78, 5) is 12.0. The van der Waals surface area contributed by atoms with E-state index in [1.807, 2.05) is 20.8 Å². The molecule has 0 radical (unpaired) electrons. The van der Waals surface area contributed by atoms with Gasteiger partial charge in [-0.3, -0.25) is 4.79 Å². The first-order chi connectivity index (χ1) is 9.46. The summed E-state index contributed by atoms with van der Waals surface area (Å²) in [6.45, 7) is 14.2. The number of aromatic nitrogens is 2. The van der Waals surface area contributed by atoms with Crippen molar-refractivity contribution in [2.45, 2.75) is 72.1 Å². The number of rotatable bonds is 5. The van der Waals surface area contributed by atoms with Crippen LogP contribution in [0.2, 0.25) is 0 Å². The van der Waals surface area contributed by atoms with Crippen molar-refractivity contribution in [2.75, 3.05) is 5.32 Å². The van der Waals surface area contributed by atoms with Crippen LogP contribution in [0.5, 0.6) is 0 Å². The first kappa shape index (κ1) is 17.4. The van der Waals surface area contributed by atoms with Crippen LogP contribution in [0.4, 0.5) is 6.01 Å². The van der Waals surface area contributed by atoms with Gasteiger partial charge < -0.3 is 20.4 Å². The van der Waals surface area contributed by atoms with Gasteiger partial charge in [0.15, 0.2) is 0 Å². The zero-order chi connectivity index (χ0) is 16.3. The van der Waals surface area contributed by atoms with E-state index in [9.17, 15) is 4.79 Å². The molecule has 7 nitrogen and oxygen atoms in total. The second-order valence-corrected chi connectivity index (χ2v) is 7.21. The highest BCUT2D eigenvalue weighted by Gasteiger charge is 2.21. The molecule has 1 unspecified atom stereocenters. The first-order valence-corrected chi connectivity index (χ1v) is 7.12. The van der Waals surface area contributed by atoms with Crippen LogP contribution in [-0.4, -0.2) is 33.2 Å². The fourth-order valence-corrected chi connectivity index (χ4v) is 1.45. The molecule has 0 saturated carbocycles. The van der Waals surface area contributed by atoms with E-state index in [1.54, 1.807) is 6.92 Å². The standard InChI is InChI=1S/C14H27N5O2/c1-9(11(20)17-14(5,6)7)16-12-19-18-10(21-12)8-15-13(2,3)4/h9,15H,8H2,1-7H3,(H,16,19)(H,17,20). The Morgan fingerprint density at radius 2 is 1.76 bits per heavy atom. The monoisotopic (exact) mass is 297 g/mol. The normalized spacial score (nSPS) is 13.9. The minimum absolute atomic E-state index is 0.0258. The molecule has 1 aromatic rings. The molecular weight excluding hydrogens is 270 g/mol. The molecule has 21 heavy (non-hydrogen) atoms. The summed E-state index contributed by atoms with van der Waals surface area (Å²) >= 11 is 0. The summed E-state index contributed by atoms with van der Waals surface area (Å²) in [6, 6.07) is -0.203. The van der Waals surface area contributed by atoms with Crippen LogP contribution in [0.25, 0.3) is 0 Å². The Morgan fingerprint density at radius 3 is 2.29 bits per heavy atom. The molecule has 0 aliphatic heterocycles. The van der Waals surface area contributed by atoms with Crippen molar-refractivity contribution >= 4 is 11.9 Å². The largest absolute Gasteiger partial charge is 0.407 e. The predicted molar refractivity (Wildman–Crippen MR) is 81.9 cm³/mol. The maximum Gasteiger partial charge on any atom is 0.316 e. The third kappa shape index (κ3) is 7.08. The lowest BCUT2D eigenvalue weighted by atomic mass is 10.1. The summed E-state index contributed by atoms with van der Waals surface area (Å²) in [6.07, 6.45) is 0. The van der Waals surface area contributed by atoms with Crippen molar-refractivity contribution in [3.05, 3.63) is 5.89 Å². The Kier molecular flexibility index (Phi) is 5.33. The van der Waals surface area contributed by atoms with Gasteiger partial charge in [-0.1, -0.05) is 5.10 Å². The van der Waals surface area contributed by atoms with Crippen LogP contribution in [0, 0.1) is 0 Å². The minimum atomic E-state index is -0.451. The van der Waals surface area contributed by atoms with Gasteiger partial charge in [-0.25, -0.2) is 0 Å². The smallest absolute Gasteiger partial charge is 0.316 e. The van der Waals surface area contributed by atoms with E-state index in [4.69, 9.17) is 4.42 Å². The Labute approximate surface area is 126 Å². The summed E-state index contributed by atoms with van der Waals surface area (Å²) in [5, 5.41) is 16.9. The van der Waals surface area contributed by atoms with Crippen molar-refractivity contribution in [3.8, 4) is 0 Å². The third-order valence-electron chi connectivity index (χ3n) is 2.47. The number of amides is 1. The molecule has 0 spiro atoms. The number of carbonyl (C=O) groups excluding carboxylic acids is 1. The fraction of sp³-hybridized carbons (Fsp3) is 0.786. The Hall–Kier alpha value is -1.63. The van der Waals surface area contributed by atoms with E-state index in [2.05, 4.69) is 46.9 Å². The fourth-order valence-electron chi connectivity index (χ4n) is 1.45. The molecular formula is C14H27N5O2. The Morgan fingerprint density at radius 1 is 1.14 bits per heavy atom. The molecule has 7 heteroatoms. The lowest BCUT2D eigenvalue weighted by molar-refractivity contribution is -0.122. The van der Waals surface area contributed by atoms with Gasteiger partial charge in [0.1, 0.15) is 6.04 Å². The molecule has 0 aromatic carbocycles. The summed E-state index contributed by atoms with van der Waals surface area (Å²) in [5.41, 5.74) is -0.300. The maximum absolute atomic E-state index is 12.0. The van der Waals surface area contributed by atoms with E-state index in [1.165, 1.54) is 0 Å². The van der Waals surface area contributed by atoms with Crippen molar-refractivity contribution in [1.29, 1.82) is 0 Å². The minimum Gasteiger partial charge on any atom is -0.407 e. The van der Waals surface area contributed by atoms with Gasteiger partial charge in [0.2, 0.25) is 11.8 Å². The van der Waals surface area contributed by atoms with Crippen LogP contribution in [0.1, 0.15) is 54.4 Å². The Bertz CT molecular complexity index is 470. The van der Waals surface area contributed by atoms with Crippen LogP contribution >= 0.6 is 0 Å². The quantitative estimate of drug-likeness (QED) is 0.765. The highest BCUT2D eigenvalue weighted by molar-refractivity contribution is 5.84. The zero-order valence-electron chi connectivity index (χ0n) is 14.0. The molecule has 1 aromatic heterocycles. The van der Waals surface area contributed by atoms with Gasteiger partial charge in [-0.05, 0) is 48.5 Å². The van der Waals surface area contributed by atoms with Gasteiger partial charge in [-0.15, -0.1) is 5.10 Å². The Balaban J connectivity index is 2.52. The lowest BCUT2D eigenvalue weighted by Gasteiger charge is -2.23. The van der Waals surface area contributed by atoms with Crippen molar-refractivity contribution in [1.82, 2.24) is 20.8 Å². The van der Waals surface area contributed by atoms with Gasteiger partial charge in [0.25, 0.3) is 0 Å². The van der Waals surface area contributed by atoms with E-state index in [0.29, 0.717) is 12.4 Å². The van der Waals surface area contributed by atoms with Gasteiger partial charge in [0, 0.05) is 11.1 Å².